The number of para-hydroxylation sites is 1. The zero-order valence-corrected chi connectivity index (χ0v) is 34.3. The van der Waals surface area contributed by atoms with Crippen LogP contribution in [0.1, 0.15) is 16.7 Å². The topological polar surface area (TPSA) is 42.2 Å². The van der Waals surface area contributed by atoms with Crippen molar-refractivity contribution in [3.63, 3.8) is 0 Å². The van der Waals surface area contributed by atoms with Crippen LogP contribution in [0.5, 0.6) is 0 Å². The van der Waals surface area contributed by atoms with Crippen LogP contribution in [0.3, 0.4) is 0 Å². The molecule has 0 bridgehead atoms. The number of nitrogens with zero attached hydrogens (tertiary/aromatic N) is 3. The Balaban J connectivity index is 1.26. The number of hydrogen-bond acceptors (Lipinski definition) is 4. The Morgan fingerprint density at radius 1 is 0.474 bits per heavy atom. The molecular weight excluding hydrogens is 711 g/mol. The minimum atomic E-state index is -1.69. The van der Waals surface area contributed by atoms with Crippen molar-refractivity contribution in [2.45, 2.75) is 40.4 Å². The summed E-state index contributed by atoms with van der Waals surface area (Å²) >= 11 is 0. The Labute approximate surface area is 336 Å². The van der Waals surface area contributed by atoms with E-state index >= 15 is 0 Å². The van der Waals surface area contributed by atoms with Gasteiger partial charge in [-0.1, -0.05) is 128 Å². The summed E-state index contributed by atoms with van der Waals surface area (Å²) in [5.41, 5.74) is 17.2. The molecule has 0 unspecified atom stereocenters. The molecule has 9 aromatic rings. The van der Waals surface area contributed by atoms with E-state index < -0.39 is 8.07 Å². The van der Waals surface area contributed by atoms with Gasteiger partial charge in [0, 0.05) is 39.5 Å². The zero-order valence-electron chi connectivity index (χ0n) is 33.3. The largest absolute Gasteiger partial charge is 0.454 e. The molecule has 0 atom stereocenters. The molecule has 0 N–H and O–H groups in total. The predicted molar refractivity (Wildman–Crippen MR) is 243 cm³/mol. The van der Waals surface area contributed by atoms with Gasteiger partial charge in [0.25, 0.3) is 0 Å². The monoisotopic (exact) mass is 755 g/mol. The number of furan rings is 1. The molecule has 6 aromatic carbocycles. The molecular formula is C52H45N3OSi. The Kier molecular flexibility index (Phi) is 9.18. The quantitative estimate of drug-likeness (QED) is 0.145. The normalized spacial score (nSPS) is 11.7. The van der Waals surface area contributed by atoms with Crippen molar-refractivity contribution >= 4 is 52.3 Å². The second kappa shape index (κ2) is 14.5. The lowest BCUT2D eigenvalue weighted by molar-refractivity contribution is 0.667. The number of benzene rings is 6. The molecule has 0 spiro atoms. The zero-order chi connectivity index (χ0) is 39.3. The smallest absolute Gasteiger partial charge is 0.153 e. The van der Waals surface area contributed by atoms with Gasteiger partial charge in [0.2, 0.25) is 0 Å². The predicted octanol–water partition coefficient (Wildman–Crippen LogP) is 14.0. The van der Waals surface area contributed by atoms with Crippen LogP contribution in [0, 0.1) is 20.8 Å². The standard InChI is InChI=1S/C52H45N3OSi/c1-34-24-35(2)52(36(3)25-34)55(42-21-15-20-39(27-42)47-30-45(38-18-11-8-12-19-38)51(33-54-47)57(4,5)6)43-28-40(37-16-9-7-10-17-37)26-41(29-43)48-31-46-44-22-13-14-23-49(44)56-50(46)32-53-48/h7-33H,1-6H3. The number of pyridine rings is 2. The van der Waals surface area contributed by atoms with Crippen molar-refractivity contribution in [3.05, 3.63) is 181 Å². The summed E-state index contributed by atoms with van der Waals surface area (Å²) in [6, 6.07) is 54.3. The van der Waals surface area contributed by atoms with E-state index in [-0.39, 0.29) is 0 Å². The Morgan fingerprint density at radius 3 is 1.82 bits per heavy atom. The van der Waals surface area contributed by atoms with Crippen LogP contribution in [0.4, 0.5) is 17.1 Å². The average molecular weight is 756 g/mol. The second-order valence-electron chi connectivity index (χ2n) is 16.2. The van der Waals surface area contributed by atoms with E-state index in [1.54, 1.807) is 0 Å². The number of aromatic nitrogens is 2. The summed E-state index contributed by atoms with van der Waals surface area (Å²) in [6.45, 7) is 13.8. The van der Waals surface area contributed by atoms with E-state index in [0.29, 0.717) is 0 Å². The summed E-state index contributed by atoms with van der Waals surface area (Å²) < 4.78 is 6.18. The van der Waals surface area contributed by atoms with Crippen LogP contribution in [0.2, 0.25) is 19.6 Å². The van der Waals surface area contributed by atoms with E-state index in [4.69, 9.17) is 14.4 Å². The van der Waals surface area contributed by atoms with E-state index in [1.165, 1.54) is 33.0 Å². The molecule has 57 heavy (non-hydrogen) atoms. The van der Waals surface area contributed by atoms with Crippen LogP contribution in [-0.4, -0.2) is 18.0 Å². The number of hydrogen-bond donors (Lipinski definition) is 0. The molecule has 0 fully saturated rings. The fourth-order valence-corrected chi connectivity index (χ4v) is 9.76. The Morgan fingerprint density at radius 2 is 1.09 bits per heavy atom. The van der Waals surface area contributed by atoms with E-state index in [2.05, 4.69) is 191 Å². The van der Waals surface area contributed by atoms with Gasteiger partial charge in [-0.3, -0.25) is 9.97 Å². The Bertz CT molecular complexity index is 2900. The Hall–Kier alpha value is -6.56. The maximum atomic E-state index is 6.18. The molecule has 0 aliphatic carbocycles. The summed E-state index contributed by atoms with van der Waals surface area (Å²) in [7, 11) is -1.69. The van der Waals surface area contributed by atoms with Gasteiger partial charge in [0.05, 0.1) is 31.3 Å². The van der Waals surface area contributed by atoms with Gasteiger partial charge in [-0.15, -0.1) is 0 Å². The molecule has 3 aromatic heterocycles. The SMILES string of the molecule is Cc1cc(C)c(N(c2cccc(-c3cc(-c4ccccc4)c([Si](C)(C)C)cn3)c2)c2cc(-c3ccccc3)cc(-c3cc4c(cn3)oc3ccccc34)c2)c(C)c1. The van der Waals surface area contributed by atoms with Crippen LogP contribution in [0.15, 0.2) is 168 Å². The van der Waals surface area contributed by atoms with Crippen LogP contribution in [-0.2, 0) is 0 Å². The molecule has 0 amide bonds. The molecule has 0 radical (unpaired) electrons. The maximum absolute atomic E-state index is 6.18. The van der Waals surface area contributed by atoms with Crippen molar-refractivity contribution in [1.29, 1.82) is 0 Å². The van der Waals surface area contributed by atoms with Crippen molar-refractivity contribution in [3.8, 4) is 44.8 Å². The molecule has 0 saturated carbocycles. The first-order valence-corrected chi connectivity index (χ1v) is 23.1. The van der Waals surface area contributed by atoms with Gasteiger partial charge in [0.1, 0.15) is 5.58 Å². The molecule has 0 aliphatic heterocycles. The lowest BCUT2D eigenvalue weighted by atomic mass is 9.97. The fraction of sp³-hybridized carbons (Fsp3) is 0.115. The van der Waals surface area contributed by atoms with Gasteiger partial charge >= 0.3 is 0 Å². The minimum absolute atomic E-state index is 0.783. The molecule has 0 aliphatic rings. The average Bonchev–Trinajstić information content (AvgIpc) is 3.60. The molecule has 5 heteroatoms. The van der Waals surface area contributed by atoms with Crippen molar-refractivity contribution in [2.24, 2.45) is 0 Å². The summed E-state index contributed by atoms with van der Waals surface area (Å²) in [6.07, 6.45) is 3.99. The second-order valence-corrected chi connectivity index (χ2v) is 21.2. The highest BCUT2D eigenvalue weighted by Gasteiger charge is 2.24. The van der Waals surface area contributed by atoms with Gasteiger partial charge < -0.3 is 9.32 Å². The third-order valence-corrected chi connectivity index (χ3v) is 12.9. The van der Waals surface area contributed by atoms with Gasteiger partial charge in [-0.05, 0) is 108 Å². The highest BCUT2D eigenvalue weighted by molar-refractivity contribution is 6.89. The third kappa shape index (κ3) is 6.96. The first-order valence-electron chi connectivity index (χ1n) is 19.6. The number of fused-ring (bicyclic) bond motifs is 3. The molecule has 0 saturated heterocycles. The lowest BCUT2D eigenvalue weighted by Gasteiger charge is -2.30. The van der Waals surface area contributed by atoms with Gasteiger partial charge in [-0.2, -0.15) is 0 Å². The maximum Gasteiger partial charge on any atom is 0.153 e. The highest BCUT2D eigenvalue weighted by atomic mass is 28.3. The van der Waals surface area contributed by atoms with E-state index in [1.807, 2.05) is 18.3 Å². The number of rotatable bonds is 8. The minimum Gasteiger partial charge on any atom is -0.454 e. The molecule has 4 nitrogen and oxygen atoms in total. The van der Waals surface area contributed by atoms with Crippen LogP contribution in [0.25, 0.3) is 66.7 Å². The summed E-state index contributed by atoms with van der Waals surface area (Å²) in [4.78, 5) is 12.6. The fourth-order valence-electron chi connectivity index (χ4n) is 8.28. The summed E-state index contributed by atoms with van der Waals surface area (Å²) in [5, 5.41) is 3.50. The van der Waals surface area contributed by atoms with Crippen LogP contribution < -0.4 is 10.1 Å². The summed E-state index contributed by atoms with van der Waals surface area (Å²) in [5.74, 6) is 0. The van der Waals surface area contributed by atoms with Crippen molar-refractivity contribution < 1.29 is 4.42 Å². The highest BCUT2D eigenvalue weighted by Crippen LogP contribution is 2.44. The first kappa shape index (κ1) is 36.1. The van der Waals surface area contributed by atoms with Crippen LogP contribution >= 0.6 is 0 Å². The number of aryl methyl sites for hydroxylation is 3. The van der Waals surface area contributed by atoms with Gasteiger partial charge in [-0.25, -0.2) is 0 Å². The lowest BCUT2D eigenvalue weighted by Crippen LogP contribution is -2.39. The number of anilines is 3. The molecule has 9 rings (SSSR count). The van der Waals surface area contributed by atoms with Gasteiger partial charge in [0.15, 0.2) is 5.58 Å². The van der Waals surface area contributed by atoms with Crippen molar-refractivity contribution in [2.75, 3.05) is 4.90 Å². The first-order chi connectivity index (χ1) is 27.6. The van der Waals surface area contributed by atoms with Crippen molar-refractivity contribution in [1.82, 2.24) is 9.97 Å². The third-order valence-electron chi connectivity index (χ3n) is 10.9. The molecule has 3 heterocycles. The molecule has 278 valence electrons. The van der Waals surface area contributed by atoms with E-state index in [9.17, 15) is 0 Å². The van der Waals surface area contributed by atoms with E-state index in [0.717, 1.165) is 72.6 Å².